The maximum Gasteiger partial charge on any atom is 0.135 e. The number of aliphatic hydroxyl groups is 2. The number of hydrogen-bond acceptors (Lipinski definition) is 4. The van der Waals surface area contributed by atoms with Crippen LogP contribution in [-0.2, 0) is 6.61 Å². The van der Waals surface area contributed by atoms with E-state index in [0.717, 1.165) is 35.1 Å². The van der Waals surface area contributed by atoms with E-state index >= 15 is 0 Å². The second-order valence-corrected chi connectivity index (χ2v) is 5.68. The Balaban J connectivity index is 2.06. The van der Waals surface area contributed by atoms with E-state index in [1.54, 1.807) is 0 Å². The predicted molar refractivity (Wildman–Crippen MR) is 84.4 cm³/mol. The molecule has 1 aromatic heterocycles. The summed E-state index contributed by atoms with van der Waals surface area (Å²) >= 11 is 0. The highest BCUT2D eigenvalue weighted by Gasteiger charge is 2.25. The average Bonchev–Trinajstić information content (AvgIpc) is 3.05. The largest absolute Gasteiger partial charge is 0.395 e. The fraction of sp³-hybridized carbons (Fsp3) is 0.471. The summed E-state index contributed by atoms with van der Waals surface area (Å²) < 4.78 is 0. The van der Waals surface area contributed by atoms with Crippen molar-refractivity contribution in [2.24, 2.45) is 0 Å². The Hall–Kier alpha value is -1.65. The number of nitrogens with zero attached hydrogens (tertiary/aromatic N) is 2. The molecular formula is C17H22N2O2. The zero-order chi connectivity index (χ0) is 14.7. The van der Waals surface area contributed by atoms with Crippen LogP contribution in [0.15, 0.2) is 30.3 Å². The van der Waals surface area contributed by atoms with Crippen LogP contribution in [-0.4, -0.2) is 34.4 Å². The minimum Gasteiger partial charge on any atom is -0.395 e. The molecule has 112 valence electrons. The Morgan fingerprint density at radius 1 is 1.14 bits per heavy atom. The van der Waals surface area contributed by atoms with Gasteiger partial charge in [0.2, 0.25) is 0 Å². The molecule has 0 amide bonds. The van der Waals surface area contributed by atoms with Crippen LogP contribution in [0, 0.1) is 0 Å². The first-order chi connectivity index (χ1) is 10.3. The van der Waals surface area contributed by atoms with Crippen molar-refractivity contribution >= 4 is 16.7 Å². The lowest BCUT2D eigenvalue weighted by molar-refractivity contribution is 0.279. The number of aliphatic hydroxyl groups excluding tert-OH is 2. The lowest BCUT2D eigenvalue weighted by atomic mass is 10.1. The summed E-state index contributed by atoms with van der Waals surface area (Å²) in [6.45, 7) is 0.653. The van der Waals surface area contributed by atoms with Crippen LogP contribution in [0.25, 0.3) is 10.9 Å². The van der Waals surface area contributed by atoms with Gasteiger partial charge in [-0.2, -0.15) is 0 Å². The van der Waals surface area contributed by atoms with Gasteiger partial charge in [-0.15, -0.1) is 0 Å². The van der Waals surface area contributed by atoms with Gasteiger partial charge in [0.1, 0.15) is 5.82 Å². The van der Waals surface area contributed by atoms with Crippen LogP contribution in [0.3, 0.4) is 0 Å². The van der Waals surface area contributed by atoms with E-state index in [2.05, 4.69) is 4.90 Å². The summed E-state index contributed by atoms with van der Waals surface area (Å²) in [5.74, 6) is 0.831. The second-order valence-electron chi connectivity index (χ2n) is 5.68. The molecule has 1 saturated carbocycles. The Labute approximate surface area is 125 Å². The maximum atomic E-state index is 9.71. The molecule has 1 heterocycles. The van der Waals surface area contributed by atoms with Crippen molar-refractivity contribution < 1.29 is 10.2 Å². The third kappa shape index (κ3) is 2.87. The molecule has 2 aromatic rings. The van der Waals surface area contributed by atoms with Crippen molar-refractivity contribution in [1.29, 1.82) is 0 Å². The minimum absolute atomic E-state index is 0.0260. The molecular weight excluding hydrogens is 264 g/mol. The number of anilines is 1. The van der Waals surface area contributed by atoms with Gasteiger partial charge < -0.3 is 15.1 Å². The Kier molecular flexibility index (Phi) is 4.36. The first-order valence-corrected chi connectivity index (χ1v) is 7.70. The molecule has 1 fully saturated rings. The lowest BCUT2D eigenvalue weighted by Gasteiger charge is -2.31. The van der Waals surface area contributed by atoms with Gasteiger partial charge in [0.05, 0.1) is 18.7 Å². The molecule has 1 aliphatic rings. The van der Waals surface area contributed by atoms with E-state index in [0.29, 0.717) is 12.6 Å². The van der Waals surface area contributed by atoms with Crippen molar-refractivity contribution in [3.05, 3.63) is 35.9 Å². The molecule has 1 aromatic carbocycles. The maximum absolute atomic E-state index is 9.71. The highest BCUT2D eigenvalue weighted by Crippen LogP contribution is 2.31. The number of hydrogen-bond donors (Lipinski definition) is 2. The number of rotatable bonds is 5. The molecule has 0 saturated heterocycles. The van der Waals surface area contributed by atoms with Crippen LogP contribution in [0.5, 0.6) is 0 Å². The first kappa shape index (κ1) is 14.3. The van der Waals surface area contributed by atoms with Crippen molar-refractivity contribution in [3.63, 3.8) is 0 Å². The van der Waals surface area contributed by atoms with Gasteiger partial charge in [0.15, 0.2) is 0 Å². The quantitative estimate of drug-likeness (QED) is 0.886. The molecule has 0 spiro atoms. The van der Waals surface area contributed by atoms with E-state index in [1.165, 1.54) is 12.8 Å². The normalized spacial score (nSPS) is 15.7. The average molecular weight is 286 g/mol. The van der Waals surface area contributed by atoms with Gasteiger partial charge in [-0.1, -0.05) is 31.0 Å². The second kappa shape index (κ2) is 6.41. The molecule has 0 aliphatic heterocycles. The standard InChI is InChI=1S/C17H22N2O2/c20-10-9-19(15-6-2-3-7-15)17-14(12-21)11-13-5-1-4-8-16(13)18-17/h1,4-5,8,11,15,20-21H,2-3,6-7,9-10,12H2. The van der Waals surface area contributed by atoms with E-state index in [1.807, 2.05) is 30.3 Å². The summed E-state index contributed by atoms with van der Waals surface area (Å²) in [7, 11) is 0. The van der Waals surface area contributed by atoms with E-state index in [9.17, 15) is 10.2 Å². The van der Waals surface area contributed by atoms with E-state index in [-0.39, 0.29) is 13.2 Å². The van der Waals surface area contributed by atoms with Gasteiger partial charge in [-0.25, -0.2) is 4.98 Å². The predicted octanol–water partition coefficient (Wildman–Crippen LogP) is 2.47. The molecule has 0 unspecified atom stereocenters. The number of benzene rings is 1. The van der Waals surface area contributed by atoms with E-state index in [4.69, 9.17) is 4.98 Å². The van der Waals surface area contributed by atoms with Gasteiger partial charge >= 0.3 is 0 Å². The first-order valence-electron chi connectivity index (χ1n) is 7.70. The van der Waals surface area contributed by atoms with Crippen LogP contribution in [0.2, 0.25) is 0 Å². The van der Waals surface area contributed by atoms with Crippen LogP contribution in [0.4, 0.5) is 5.82 Å². The lowest BCUT2D eigenvalue weighted by Crippen LogP contribution is -2.37. The Bertz CT molecular complexity index is 609. The molecule has 0 atom stereocenters. The summed E-state index contributed by atoms with van der Waals surface area (Å²) in [4.78, 5) is 6.95. The van der Waals surface area contributed by atoms with Crippen LogP contribution >= 0.6 is 0 Å². The Morgan fingerprint density at radius 2 is 1.90 bits per heavy atom. The van der Waals surface area contributed by atoms with Gasteiger partial charge in [-0.3, -0.25) is 0 Å². The monoisotopic (exact) mass is 286 g/mol. The Morgan fingerprint density at radius 3 is 2.62 bits per heavy atom. The highest BCUT2D eigenvalue weighted by atomic mass is 16.3. The molecule has 4 nitrogen and oxygen atoms in total. The smallest absolute Gasteiger partial charge is 0.135 e. The fourth-order valence-corrected chi connectivity index (χ4v) is 3.30. The summed E-state index contributed by atoms with van der Waals surface area (Å²) in [6.07, 6.45) is 4.74. The fourth-order valence-electron chi connectivity index (χ4n) is 3.30. The van der Waals surface area contributed by atoms with Crippen molar-refractivity contribution in [2.45, 2.75) is 38.3 Å². The van der Waals surface area contributed by atoms with Crippen LogP contribution in [0.1, 0.15) is 31.2 Å². The number of para-hydroxylation sites is 1. The molecule has 0 radical (unpaired) electrons. The SMILES string of the molecule is OCCN(c1nc2ccccc2cc1CO)C1CCCC1. The minimum atomic E-state index is -0.0260. The number of pyridine rings is 1. The third-order valence-corrected chi connectivity index (χ3v) is 4.33. The van der Waals surface area contributed by atoms with Crippen molar-refractivity contribution in [2.75, 3.05) is 18.1 Å². The summed E-state index contributed by atoms with van der Waals surface area (Å²) in [6, 6.07) is 10.4. The van der Waals surface area contributed by atoms with Crippen LogP contribution < -0.4 is 4.90 Å². The molecule has 2 N–H and O–H groups in total. The molecule has 4 heteroatoms. The third-order valence-electron chi connectivity index (χ3n) is 4.33. The van der Waals surface area contributed by atoms with Gasteiger partial charge in [0, 0.05) is 23.5 Å². The summed E-state index contributed by atoms with van der Waals surface area (Å²) in [5.41, 5.74) is 1.78. The van der Waals surface area contributed by atoms with E-state index < -0.39 is 0 Å². The summed E-state index contributed by atoms with van der Waals surface area (Å²) in [5, 5.41) is 20.2. The zero-order valence-corrected chi connectivity index (χ0v) is 12.2. The zero-order valence-electron chi connectivity index (χ0n) is 12.2. The van der Waals surface area contributed by atoms with Gasteiger partial charge in [0.25, 0.3) is 0 Å². The van der Waals surface area contributed by atoms with Gasteiger partial charge in [-0.05, 0) is 25.0 Å². The number of fused-ring (bicyclic) bond motifs is 1. The molecule has 0 bridgehead atoms. The topological polar surface area (TPSA) is 56.6 Å². The molecule has 1 aliphatic carbocycles. The number of aromatic nitrogens is 1. The van der Waals surface area contributed by atoms with Crippen molar-refractivity contribution in [1.82, 2.24) is 4.98 Å². The highest BCUT2D eigenvalue weighted by molar-refractivity contribution is 5.81. The molecule has 21 heavy (non-hydrogen) atoms. The molecule has 3 rings (SSSR count). The van der Waals surface area contributed by atoms with Crippen molar-refractivity contribution in [3.8, 4) is 0 Å².